The summed E-state index contributed by atoms with van der Waals surface area (Å²) in [6, 6.07) is 3.18. The minimum Gasteiger partial charge on any atom is -0.478 e. The molecule has 106 valence electrons. The Kier molecular flexibility index (Phi) is 5.29. The molecule has 1 N–H and O–H groups in total. The molecule has 0 saturated carbocycles. The second-order valence-electron chi connectivity index (χ2n) is 3.88. The fourth-order valence-electron chi connectivity index (χ4n) is 1.38. The van der Waals surface area contributed by atoms with Crippen LogP contribution in [0.5, 0.6) is 0 Å². The zero-order valence-corrected chi connectivity index (χ0v) is 9.84. The standard InChI is InChI=1S/C12H12F4O3/c13-10-3-2-8(11(17)18)6-9(10)7-19-5-1-4-12(14,15)16/h2-3,6H,1,4-5,7H2,(H,17,18). The SMILES string of the molecule is O=C(O)c1ccc(F)c(COCCCC(F)(F)F)c1. The second kappa shape index (κ2) is 6.51. The lowest BCUT2D eigenvalue weighted by atomic mass is 10.1. The molecule has 19 heavy (non-hydrogen) atoms. The molecule has 0 atom stereocenters. The fraction of sp³-hybridized carbons (Fsp3) is 0.417. The molecule has 7 heteroatoms. The lowest BCUT2D eigenvalue weighted by molar-refractivity contribution is -0.138. The van der Waals surface area contributed by atoms with Crippen LogP contribution in [-0.4, -0.2) is 23.9 Å². The number of aromatic carboxylic acids is 1. The van der Waals surface area contributed by atoms with Crippen molar-refractivity contribution in [1.29, 1.82) is 0 Å². The van der Waals surface area contributed by atoms with Gasteiger partial charge in [0, 0.05) is 18.6 Å². The zero-order chi connectivity index (χ0) is 14.5. The third kappa shape index (κ3) is 5.69. The molecule has 3 nitrogen and oxygen atoms in total. The lowest BCUT2D eigenvalue weighted by Gasteiger charge is -2.08. The smallest absolute Gasteiger partial charge is 0.389 e. The first kappa shape index (κ1) is 15.4. The minimum atomic E-state index is -4.24. The number of ether oxygens (including phenoxy) is 1. The molecule has 0 heterocycles. The number of carbonyl (C=O) groups is 1. The van der Waals surface area contributed by atoms with E-state index < -0.39 is 24.4 Å². The van der Waals surface area contributed by atoms with Gasteiger partial charge in [0.2, 0.25) is 0 Å². The molecular formula is C12H12F4O3. The molecule has 0 radical (unpaired) electrons. The van der Waals surface area contributed by atoms with Gasteiger partial charge in [-0.1, -0.05) is 0 Å². The Morgan fingerprint density at radius 1 is 1.32 bits per heavy atom. The van der Waals surface area contributed by atoms with Gasteiger partial charge in [-0.05, 0) is 24.6 Å². The quantitative estimate of drug-likeness (QED) is 0.642. The van der Waals surface area contributed by atoms with Crippen LogP contribution in [0.25, 0.3) is 0 Å². The molecule has 0 aromatic heterocycles. The first-order valence-electron chi connectivity index (χ1n) is 5.46. The van der Waals surface area contributed by atoms with Crippen LogP contribution in [0.4, 0.5) is 17.6 Å². The fourth-order valence-corrected chi connectivity index (χ4v) is 1.38. The van der Waals surface area contributed by atoms with Crippen LogP contribution in [0.15, 0.2) is 18.2 Å². The van der Waals surface area contributed by atoms with Gasteiger partial charge in [-0.25, -0.2) is 9.18 Å². The molecule has 1 aromatic carbocycles. The van der Waals surface area contributed by atoms with Gasteiger partial charge >= 0.3 is 12.1 Å². The summed E-state index contributed by atoms with van der Waals surface area (Å²) in [5.41, 5.74) is -0.0952. The Bertz CT molecular complexity index is 443. The highest BCUT2D eigenvalue weighted by Gasteiger charge is 2.25. The van der Waals surface area contributed by atoms with E-state index in [1.807, 2.05) is 0 Å². The Morgan fingerprint density at radius 3 is 2.58 bits per heavy atom. The van der Waals surface area contributed by atoms with E-state index in [0.717, 1.165) is 18.2 Å². The molecule has 0 bridgehead atoms. The predicted molar refractivity (Wildman–Crippen MR) is 58.3 cm³/mol. The number of rotatable bonds is 6. The van der Waals surface area contributed by atoms with E-state index in [4.69, 9.17) is 9.84 Å². The Balaban J connectivity index is 2.45. The lowest BCUT2D eigenvalue weighted by Crippen LogP contribution is -2.09. The topological polar surface area (TPSA) is 46.5 Å². The molecule has 0 aliphatic carbocycles. The third-order valence-electron chi connectivity index (χ3n) is 2.30. The summed E-state index contributed by atoms with van der Waals surface area (Å²) >= 11 is 0. The van der Waals surface area contributed by atoms with Gasteiger partial charge < -0.3 is 9.84 Å². The van der Waals surface area contributed by atoms with Crippen LogP contribution in [0, 0.1) is 5.82 Å². The summed E-state index contributed by atoms with van der Waals surface area (Å²) in [7, 11) is 0. The van der Waals surface area contributed by atoms with Gasteiger partial charge in [0.05, 0.1) is 12.2 Å². The van der Waals surface area contributed by atoms with E-state index in [1.54, 1.807) is 0 Å². The first-order valence-corrected chi connectivity index (χ1v) is 5.46. The summed E-state index contributed by atoms with van der Waals surface area (Å²) in [5, 5.41) is 8.71. The predicted octanol–water partition coefficient (Wildman–Crippen LogP) is 3.38. The number of hydrogen-bond donors (Lipinski definition) is 1. The van der Waals surface area contributed by atoms with E-state index in [0.29, 0.717) is 0 Å². The molecule has 0 fully saturated rings. The third-order valence-corrected chi connectivity index (χ3v) is 2.30. The molecule has 0 amide bonds. The Hall–Kier alpha value is -1.63. The van der Waals surface area contributed by atoms with E-state index in [1.165, 1.54) is 0 Å². The molecule has 0 aliphatic rings. The summed E-state index contributed by atoms with van der Waals surface area (Å²) in [6.45, 7) is -0.430. The van der Waals surface area contributed by atoms with Crippen molar-refractivity contribution in [2.24, 2.45) is 0 Å². The normalized spacial score (nSPS) is 11.6. The van der Waals surface area contributed by atoms with Gasteiger partial charge in [0.15, 0.2) is 0 Å². The van der Waals surface area contributed by atoms with Gasteiger partial charge in [0.25, 0.3) is 0 Å². The molecule has 1 rings (SSSR count). The number of carboxylic acid groups (broad SMARTS) is 1. The number of benzene rings is 1. The molecular weight excluding hydrogens is 268 g/mol. The van der Waals surface area contributed by atoms with Crippen LogP contribution in [0.1, 0.15) is 28.8 Å². The van der Waals surface area contributed by atoms with E-state index in [9.17, 15) is 22.4 Å². The van der Waals surface area contributed by atoms with Crippen molar-refractivity contribution < 1.29 is 32.2 Å². The van der Waals surface area contributed by atoms with Crippen molar-refractivity contribution in [3.05, 3.63) is 35.1 Å². The summed E-state index contributed by atoms with van der Waals surface area (Å²) in [5.74, 6) is -1.86. The zero-order valence-electron chi connectivity index (χ0n) is 9.84. The molecule has 0 spiro atoms. The van der Waals surface area contributed by atoms with Crippen LogP contribution in [0.2, 0.25) is 0 Å². The first-order chi connectivity index (χ1) is 8.79. The van der Waals surface area contributed by atoms with Crippen LogP contribution in [0.3, 0.4) is 0 Å². The van der Waals surface area contributed by atoms with E-state index in [2.05, 4.69) is 0 Å². The Labute approximate surface area is 106 Å². The number of carboxylic acids is 1. The van der Waals surface area contributed by atoms with Gasteiger partial charge in [-0.15, -0.1) is 0 Å². The molecule has 0 aliphatic heterocycles. The number of hydrogen-bond acceptors (Lipinski definition) is 2. The Morgan fingerprint density at radius 2 is 2.00 bits per heavy atom. The molecule has 0 saturated heterocycles. The van der Waals surface area contributed by atoms with Crippen molar-refractivity contribution in [2.75, 3.05) is 6.61 Å². The monoisotopic (exact) mass is 280 g/mol. The molecule has 1 aromatic rings. The van der Waals surface area contributed by atoms with Crippen molar-refractivity contribution >= 4 is 5.97 Å². The molecule has 0 unspecified atom stereocenters. The maximum atomic E-state index is 13.3. The summed E-state index contributed by atoms with van der Waals surface area (Å²) < 4.78 is 53.7. The minimum absolute atomic E-state index is 0.00640. The van der Waals surface area contributed by atoms with Crippen molar-refractivity contribution in [3.63, 3.8) is 0 Å². The highest BCUT2D eigenvalue weighted by Crippen LogP contribution is 2.21. The largest absolute Gasteiger partial charge is 0.478 e. The van der Waals surface area contributed by atoms with Crippen molar-refractivity contribution in [1.82, 2.24) is 0 Å². The van der Waals surface area contributed by atoms with Gasteiger partial charge in [-0.2, -0.15) is 13.2 Å². The summed E-state index contributed by atoms with van der Waals surface area (Å²) in [4.78, 5) is 10.7. The number of halogens is 4. The highest BCUT2D eigenvalue weighted by atomic mass is 19.4. The van der Waals surface area contributed by atoms with Gasteiger partial charge in [0.1, 0.15) is 5.82 Å². The van der Waals surface area contributed by atoms with E-state index >= 15 is 0 Å². The van der Waals surface area contributed by atoms with Crippen molar-refractivity contribution in [3.8, 4) is 0 Å². The van der Waals surface area contributed by atoms with Gasteiger partial charge in [-0.3, -0.25) is 0 Å². The van der Waals surface area contributed by atoms with Crippen LogP contribution < -0.4 is 0 Å². The van der Waals surface area contributed by atoms with E-state index in [-0.39, 0.29) is 30.8 Å². The average Bonchev–Trinajstić information content (AvgIpc) is 2.29. The van der Waals surface area contributed by atoms with Crippen LogP contribution in [-0.2, 0) is 11.3 Å². The maximum absolute atomic E-state index is 13.3. The average molecular weight is 280 g/mol. The van der Waals surface area contributed by atoms with Crippen LogP contribution >= 0.6 is 0 Å². The highest BCUT2D eigenvalue weighted by molar-refractivity contribution is 5.87. The second-order valence-corrected chi connectivity index (χ2v) is 3.88. The maximum Gasteiger partial charge on any atom is 0.389 e. The van der Waals surface area contributed by atoms with Crippen molar-refractivity contribution in [2.45, 2.75) is 25.6 Å². The number of alkyl halides is 3. The summed E-state index contributed by atoms with van der Waals surface area (Å²) in [6.07, 6.45) is -5.42.